The molecule has 0 aliphatic rings. The predicted octanol–water partition coefficient (Wildman–Crippen LogP) is 13.4. The van der Waals surface area contributed by atoms with Crippen molar-refractivity contribution in [2.45, 2.75) is 27.7 Å². The Morgan fingerprint density at radius 1 is 0.410 bits per heavy atom. The summed E-state index contributed by atoms with van der Waals surface area (Å²) in [6.07, 6.45) is 10.9. The third-order valence-electron chi connectivity index (χ3n) is 9.71. The van der Waals surface area contributed by atoms with Crippen LogP contribution in [0.25, 0.3) is 85.8 Å². The summed E-state index contributed by atoms with van der Waals surface area (Å²) in [5, 5.41) is 4.19. The molecular weight excluding hydrogens is 987 g/mol. The van der Waals surface area contributed by atoms with Crippen molar-refractivity contribution in [3.8, 4) is 53.0 Å². The van der Waals surface area contributed by atoms with Gasteiger partial charge in [0.25, 0.3) is 0 Å². The summed E-state index contributed by atoms with van der Waals surface area (Å²) in [5.41, 5.74) is 12.3. The van der Waals surface area contributed by atoms with Gasteiger partial charge in [-0.15, -0.1) is 34.0 Å². The molecule has 0 aliphatic heterocycles. The van der Waals surface area contributed by atoms with Gasteiger partial charge in [0.05, 0.1) is 49.7 Å². The first-order valence-electron chi connectivity index (χ1n) is 19.3. The Bertz CT molecular complexity index is 3000. The molecule has 11 aromatic rings. The van der Waals surface area contributed by atoms with Crippen molar-refractivity contribution in [2.24, 2.45) is 0 Å². The second-order valence-corrected chi connectivity index (χ2v) is 17.4. The summed E-state index contributed by atoms with van der Waals surface area (Å²) in [4.78, 5) is 41.2. The number of nitrogens with zero attached hydrogens (tertiary/aromatic N) is 7. The zero-order chi connectivity index (χ0) is 41.0. The van der Waals surface area contributed by atoms with Crippen LogP contribution in [0.2, 0.25) is 0 Å². The van der Waals surface area contributed by atoms with Crippen LogP contribution in [-0.4, -0.2) is 39.9 Å². The first kappa shape index (κ1) is 41.6. The maximum atomic E-state index is 5.01. The molecule has 11 rings (SSSR count). The molecule has 0 fully saturated rings. The van der Waals surface area contributed by atoms with Crippen molar-refractivity contribution in [1.29, 1.82) is 0 Å². The van der Waals surface area contributed by atoms with E-state index in [1.165, 1.54) is 41.8 Å². The molecule has 12 heteroatoms. The number of rotatable bonds is 5. The molecule has 0 spiro atoms. The predicted molar refractivity (Wildman–Crippen MR) is 251 cm³/mol. The number of nitrogens with one attached hydrogen (secondary N) is 1. The molecule has 0 saturated carbocycles. The molecule has 1 N–H and O–H groups in total. The summed E-state index contributed by atoms with van der Waals surface area (Å²) in [7, 11) is 0. The number of imidazole rings is 1. The summed E-state index contributed by atoms with van der Waals surface area (Å²) in [6.45, 7) is 8.23. The van der Waals surface area contributed by atoms with E-state index in [-0.39, 0.29) is 19.8 Å². The van der Waals surface area contributed by atoms with Gasteiger partial charge in [-0.1, -0.05) is 6.07 Å². The maximum absolute atomic E-state index is 5.01. The minimum Gasteiger partial charge on any atom is -0.337 e. The van der Waals surface area contributed by atoms with E-state index in [1.807, 2.05) is 109 Å². The van der Waals surface area contributed by atoms with Crippen molar-refractivity contribution >= 4 is 66.8 Å². The minimum atomic E-state index is 0. The van der Waals surface area contributed by atoms with E-state index in [1.54, 1.807) is 22.7 Å². The molecule has 8 nitrogen and oxygen atoms in total. The van der Waals surface area contributed by atoms with Crippen LogP contribution in [0.1, 0.15) is 22.3 Å². The number of hydrogen-bond donors (Lipinski definition) is 1. The number of hydrogen-bond acceptors (Lipinski definition) is 10. The van der Waals surface area contributed by atoms with Crippen LogP contribution in [0, 0.1) is 27.7 Å². The fourth-order valence-corrected chi connectivity index (χ4v) is 9.67. The van der Waals surface area contributed by atoms with Gasteiger partial charge in [0.2, 0.25) is 0 Å². The fraction of sp³-hybridized carbons (Fsp3) is 0.0816. The SMILES string of the molecule is Cc1ccnc(-c2cc(C)ccn2)c1.Cc1ccnc(-c2cc(C)ccn2)c1.[Os].c1csc(-c2ccc(-c3ccc(-c4nc5c6cccnc6c6ncccc6c5[nH]4)s3)s2)c1. The first-order chi connectivity index (χ1) is 29.4. The van der Waals surface area contributed by atoms with Crippen LogP contribution in [0.4, 0.5) is 0 Å². The molecule has 10 heterocycles. The van der Waals surface area contributed by atoms with Crippen LogP contribution >= 0.6 is 34.0 Å². The van der Waals surface area contributed by atoms with Gasteiger partial charge in [0, 0.05) is 87.3 Å². The van der Waals surface area contributed by atoms with Crippen LogP contribution in [0.15, 0.2) is 152 Å². The van der Waals surface area contributed by atoms with E-state index in [2.05, 4.69) is 116 Å². The Morgan fingerprint density at radius 2 is 0.852 bits per heavy atom. The van der Waals surface area contributed by atoms with Gasteiger partial charge in [-0.25, -0.2) is 4.98 Å². The third-order valence-corrected chi connectivity index (χ3v) is 13.1. The normalized spacial score (nSPS) is 10.8. The van der Waals surface area contributed by atoms with Gasteiger partial charge < -0.3 is 4.98 Å². The third kappa shape index (κ3) is 9.29. The Morgan fingerprint density at radius 3 is 1.33 bits per heavy atom. The summed E-state index contributed by atoms with van der Waals surface area (Å²) < 4.78 is 0. The number of aryl methyl sites for hydroxylation is 4. The van der Waals surface area contributed by atoms with Crippen molar-refractivity contribution in [2.75, 3.05) is 0 Å². The van der Waals surface area contributed by atoms with Crippen molar-refractivity contribution in [3.63, 3.8) is 0 Å². The molecule has 0 aliphatic carbocycles. The molecule has 61 heavy (non-hydrogen) atoms. The van der Waals surface area contributed by atoms with Crippen molar-refractivity contribution < 1.29 is 19.8 Å². The molecule has 0 bridgehead atoms. The van der Waals surface area contributed by atoms with Gasteiger partial charge in [-0.05, 0) is 158 Å². The average Bonchev–Trinajstić information content (AvgIpc) is 4.12. The zero-order valence-electron chi connectivity index (χ0n) is 33.6. The molecule has 0 saturated heterocycles. The summed E-state index contributed by atoms with van der Waals surface area (Å²) in [5.74, 6) is 0.882. The van der Waals surface area contributed by atoms with E-state index in [0.717, 1.165) is 66.3 Å². The Labute approximate surface area is 378 Å². The van der Waals surface area contributed by atoms with E-state index in [4.69, 9.17) is 4.98 Å². The second kappa shape index (κ2) is 18.6. The first-order valence-corrected chi connectivity index (χ1v) is 21.8. The number of benzene rings is 1. The standard InChI is InChI=1S/C25H14N4S3.2C12H12N2.Os/c1-4-14-21(26-11-1)22-15(5-2-12-27-22)24-23(14)28-25(29-24)20-10-9-19(32-20)18-8-7-17(31-18)16-6-3-13-30-16;2*1-9-3-5-13-11(7-9)12-8-10(2)4-6-14-12;/h1-13H,(H,28,29);2*3-8H,1-2H3;. The van der Waals surface area contributed by atoms with E-state index in [0.29, 0.717) is 0 Å². The quantitative estimate of drug-likeness (QED) is 0.171. The zero-order valence-corrected chi connectivity index (χ0v) is 38.6. The van der Waals surface area contributed by atoms with Crippen LogP contribution in [0.3, 0.4) is 0 Å². The number of thiophene rings is 3. The Kier molecular flexibility index (Phi) is 12.7. The molecule has 0 unspecified atom stereocenters. The Balaban J connectivity index is 0.000000147. The topological polar surface area (TPSA) is 106 Å². The summed E-state index contributed by atoms with van der Waals surface area (Å²) in [6, 6.07) is 37.2. The van der Waals surface area contributed by atoms with Crippen LogP contribution in [0.5, 0.6) is 0 Å². The minimum absolute atomic E-state index is 0. The fourth-order valence-electron chi connectivity index (χ4n) is 6.78. The van der Waals surface area contributed by atoms with Gasteiger partial charge in [0.1, 0.15) is 5.82 Å². The van der Waals surface area contributed by atoms with Gasteiger partial charge in [0.15, 0.2) is 0 Å². The maximum Gasteiger partial charge on any atom is 0.148 e. The van der Waals surface area contributed by atoms with Gasteiger partial charge in [-0.3, -0.25) is 29.9 Å². The molecule has 0 amide bonds. The van der Waals surface area contributed by atoms with Crippen molar-refractivity contribution in [1.82, 2.24) is 39.9 Å². The molecule has 300 valence electrons. The van der Waals surface area contributed by atoms with E-state index in [9.17, 15) is 0 Å². The Hall–Kier alpha value is -6.15. The number of aromatic nitrogens is 8. The van der Waals surface area contributed by atoms with E-state index >= 15 is 0 Å². The number of fused-ring (bicyclic) bond motifs is 6. The van der Waals surface area contributed by atoms with Crippen molar-refractivity contribution in [3.05, 3.63) is 174 Å². The molecule has 0 atom stereocenters. The van der Waals surface area contributed by atoms with E-state index < -0.39 is 0 Å². The molecule has 10 aromatic heterocycles. The monoisotopic (exact) mass is 1030 g/mol. The van der Waals surface area contributed by atoms with Crippen LogP contribution in [-0.2, 0) is 19.8 Å². The molecular formula is C49H38N8OsS3. The molecule has 0 radical (unpaired) electrons. The smallest absolute Gasteiger partial charge is 0.148 e. The average molecular weight is 1030 g/mol. The van der Waals surface area contributed by atoms with Gasteiger partial charge >= 0.3 is 0 Å². The molecule has 1 aromatic carbocycles. The number of H-pyrrole nitrogens is 1. The summed E-state index contributed by atoms with van der Waals surface area (Å²) >= 11 is 5.38. The second-order valence-electron chi connectivity index (χ2n) is 14.3. The largest absolute Gasteiger partial charge is 0.337 e. The van der Waals surface area contributed by atoms with Crippen LogP contribution < -0.4 is 0 Å². The number of aromatic amines is 1. The number of pyridine rings is 6. The van der Waals surface area contributed by atoms with Gasteiger partial charge in [-0.2, -0.15) is 0 Å².